The first-order valence-corrected chi connectivity index (χ1v) is 8.39. The molecule has 0 spiro atoms. The molecule has 24 heavy (non-hydrogen) atoms. The van der Waals surface area contributed by atoms with E-state index in [1.165, 1.54) is 11.3 Å². The van der Waals surface area contributed by atoms with Gasteiger partial charge in [0.2, 0.25) is 5.95 Å². The average molecular weight is 341 g/mol. The van der Waals surface area contributed by atoms with Crippen molar-refractivity contribution < 1.29 is 4.79 Å². The fourth-order valence-corrected chi connectivity index (χ4v) is 3.77. The van der Waals surface area contributed by atoms with Crippen LogP contribution in [0.4, 0.5) is 11.6 Å². The van der Waals surface area contributed by atoms with Crippen LogP contribution in [0.2, 0.25) is 0 Å². The van der Waals surface area contributed by atoms with E-state index in [0.717, 1.165) is 38.4 Å². The van der Waals surface area contributed by atoms with E-state index in [1.807, 2.05) is 40.7 Å². The molecule has 0 aliphatic heterocycles. The number of nitrogens with zero attached hydrogens (tertiary/aromatic N) is 3. The topological polar surface area (TPSA) is 93.8 Å². The minimum Gasteiger partial charge on any atom is -0.397 e. The molecule has 0 radical (unpaired) electrons. The van der Waals surface area contributed by atoms with Gasteiger partial charge < -0.3 is 5.73 Å². The van der Waals surface area contributed by atoms with E-state index in [-0.39, 0.29) is 11.9 Å². The van der Waals surface area contributed by atoms with E-state index in [2.05, 4.69) is 20.3 Å². The van der Waals surface area contributed by atoms with Gasteiger partial charge in [0.1, 0.15) is 9.71 Å². The maximum atomic E-state index is 12.6. The van der Waals surface area contributed by atoms with Crippen molar-refractivity contribution in [3.8, 4) is 0 Å². The maximum Gasteiger partial charge on any atom is 0.270 e. The summed E-state index contributed by atoms with van der Waals surface area (Å²) >= 11 is 1.29. The van der Waals surface area contributed by atoms with Gasteiger partial charge in [-0.1, -0.05) is 0 Å². The lowest BCUT2D eigenvalue weighted by Crippen LogP contribution is -2.15. The molecule has 0 atom stereocenters. The number of aromatic nitrogens is 3. The van der Waals surface area contributed by atoms with Crippen LogP contribution < -0.4 is 11.1 Å². The Bertz CT molecular complexity index is 957. The average Bonchev–Trinajstić information content (AvgIpc) is 2.80. The fraction of sp³-hybridized carbons (Fsp3) is 0.294. The summed E-state index contributed by atoms with van der Waals surface area (Å²) in [6, 6.07) is 1.85. The van der Waals surface area contributed by atoms with Gasteiger partial charge in [0, 0.05) is 22.5 Å². The quantitative estimate of drug-likeness (QED) is 0.744. The molecule has 3 N–H and O–H groups in total. The number of rotatable bonds is 2. The number of anilines is 2. The fourth-order valence-electron chi connectivity index (χ4n) is 2.68. The van der Waals surface area contributed by atoms with Gasteiger partial charge in [0.05, 0.1) is 5.69 Å². The standard InChI is InChI=1S/C17H19N5OS/c1-7-6-8(2)20-17(19-7)22-15(23)14-13(18)12-10(4)9(3)11(5)21-16(12)24-14/h6H,18H2,1-5H3,(H,19,20,22,23). The highest BCUT2D eigenvalue weighted by Gasteiger charge is 2.21. The van der Waals surface area contributed by atoms with E-state index < -0.39 is 0 Å². The number of aryl methyl sites for hydroxylation is 4. The van der Waals surface area contributed by atoms with Crippen molar-refractivity contribution in [1.82, 2.24) is 15.0 Å². The lowest BCUT2D eigenvalue weighted by atomic mass is 10.1. The number of pyridine rings is 1. The monoisotopic (exact) mass is 341 g/mol. The van der Waals surface area contributed by atoms with Crippen LogP contribution in [-0.2, 0) is 0 Å². The van der Waals surface area contributed by atoms with Crippen LogP contribution in [0.15, 0.2) is 6.07 Å². The zero-order valence-electron chi connectivity index (χ0n) is 14.3. The van der Waals surface area contributed by atoms with Crippen LogP contribution in [0.5, 0.6) is 0 Å². The third kappa shape index (κ3) is 2.71. The molecule has 0 aromatic carbocycles. The molecule has 7 heteroatoms. The molecule has 0 saturated heterocycles. The molecule has 1 amide bonds. The number of carbonyl (C=O) groups is 1. The van der Waals surface area contributed by atoms with Crippen LogP contribution in [0.3, 0.4) is 0 Å². The summed E-state index contributed by atoms with van der Waals surface area (Å²) < 4.78 is 0. The number of hydrogen-bond acceptors (Lipinski definition) is 6. The number of nitrogens with one attached hydrogen (secondary N) is 1. The highest BCUT2D eigenvalue weighted by molar-refractivity contribution is 7.21. The number of thiophene rings is 1. The number of amides is 1. The molecule has 0 aliphatic carbocycles. The third-order valence-corrected chi connectivity index (χ3v) is 5.19. The predicted octanol–water partition coefficient (Wildman–Crippen LogP) is 3.46. The highest BCUT2D eigenvalue weighted by atomic mass is 32.1. The Morgan fingerprint density at radius 2 is 1.67 bits per heavy atom. The second-order valence-electron chi connectivity index (χ2n) is 5.90. The molecule has 6 nitrogen and oxygen atoms in total. The number of hydrogen-bond donors (Lipinski definition) is 2. The molecular weight excluding hydrogens is 322 g/mol. The van der Waals surface area contributed by atoms with Crippen molar-refractivity contribution in [2.24, 2.45) is 0 Å². The number of nitrogens with two attached hydrogens (primary N) is 1. The molecular formula is C17H19N5OS. The molecule has 0 saturated carbocycles. The number of fused-ring (bicyclic) bond motifs is 1. The number of carbonyl (C=O) groups excluding carboxylic acids is 1. The van der Waals surface area contributed by atoms with E-state index >= 15 is 0 Å². The zero-order chi connectivity index (χ0) is 17.6. The lowest BCUT2D eigenvalue weighted by molar-refractivity contribution is 0.103. The Balaban J connectivity index is 2.04. The Kier molecular flexibility index (Phi) is 3.96. The largest absolute Gasteiger partial charge is 0.397 e. The Labute approximate surface area is 144 Å². The molecule has 3 aromatic heterocycles. The van der Waals surface area contributed by atoms with Crippen molar-refractivity contribution in [2.75, 3.05) is 11.1 Å². The maximum absolute atomic E-state index is 12.6. The van der Waals surface area contributed by atoms with E-state index in [9.17, 15) is 4.79 Å². The number of nitrogen functional groups attached to an aromatic ring is 1. The third-order valence-electron chi connectivity index (χ3n) is 4.09. The van der Waals surface area contributed by atoms with Crippen molar-refractivity contribution in [2.45, 2.75) is 34.6 Å². The van der Waals surface area contributed by atoms with Gasteiger partial charge in [-0.2, -0.15) is 0 Å². The van der Waals surface area contributed by atoms with Gasteiger partial charge in [0.25, 0.3) is 5.91 Å². The first-order chi connectivity index (χ1) is 11.3. The Hall–Kier alpha value is -2.54. The summed E-state index contributed by atoms with van der Waals surface area (Å²) in [4.78, 5) is 26.9. The Morgan fingerprint density at radius 3 is 2.29 bits per heavy atom. The smallest absolute Gasteiger partial charge is 0.270 e. The normalized spacial score (nSPS) is 11.0. The van der Waals surface area contributed by atoms with Gasteiger partial charge in [-0.3, -0.25) is 10.1 Å². The van der Waals surface area contributed by atoms with Gasteiger partial charge in [-0.25, -0.2) is 15.0 Å². The molecule has 3 rings (SSSR count). The van der Waals surface area contributed by atoms with Gasteiger partial charge in [0.15, 0.2) is 0 Å². The van der Waals surface area contributed by atoms with Crippen LogP contribution in [0, 0.1) is 34.6 Å². The van der Waals surface area contributed by atoms with Crippen molar-refractivity contribution in [1.29, 1.82) is 0 Å². The van der Waals surface area contributed by atoms with E-state index in [0.29, 0.717) is 10.6 Å². The molecule has 3 aromatic rings. The van der Waals surface area contributed by atoms with Crippen molar-refractivity contribution >= 4 is 39.1 Å². The lowest BCUT2D eigenvalue weighted by Gasteiger charge is -2.06. The highest BCUT2D eigenvalue weighted by Crippen LogP contribution is 2.36. The summed E-state index contributed by atoms with van der Waals surface area (Å²) in [5, 5.41) is 3.59. The summed E-state index contributed by atoms with van der Waals surface area (Å²) in [6.45, 7) is 9.69. The summed E-state index contributed by atoms with van der Waals surface area (Å²) in [5.41, 5.74) is 11.4. The SMILES string of the molecule is Cc1cc(C)nc(NC(=O)c2sc3nc(C)c(C)c(C)c3c2N)n1. The van der Waals surface area contributed by atoms with E-state index in [4.69, 9.17) is 5.73 Å². The molecule has 0 aliphatic rings. The minimum atomic E-state index is -0.310. The van der Waals surface area contributed by atoms with Crippen LogP contribution in [0.25, 0.3) is 10.2 Å². The van der Waals surface area contributed by atoms with E-state index in [1.54, 1.807) is 0 Å². The summed E-state index contributed by atoms with van der Waals surface area (Å²) in [5.74, 6) is -0.0263. The van der Waals surface area contributed by atoms with Crippen LogP contribution in [-0.4, -0.2) is 20.9 Å². The molecule has 0 unspecified atom stereocenters. The zero-order valence-corrected chi connectivity index (χ0v) is 15.1. The predicted molar refractivity (Wildman–Crippen MR) is 97.7 cm³/mol. The molecule has 0 bridgehead atoms. The van der Waals surface area contributed by atoms with Crippen molar-refractivity contribution in [3.05, 3.63) is 39.2 Å². The first-order valence-electron chi connectivity index (χ1n) is 7.57. The summed E-state index contributed by atoms with van der Waals surface area (Å²) in [7, 11) is 0. The van der Waals surface area contributed by atoms with Gasteiger partial charge in [-0.15, -0.1) is 11.3 Å². The molecule has 124 valence electrons. The molecule has 0 fully saturated rings. The van der Waals surface area contributed by atoms with Gasteiger partial charge >= 0.3 is 0 Å². The van der Waals surface area contributed by atoms with Crippen LogP contribution >= 0.6 is 11.3 Å². The van der Waals surface area contributed by atoms with Crippen molar-refractivity contribution in [3.63, 3.8) is 0 Å². The molecule has 3 heterocycles. The second kappa shape index (κ2) is 5.83. The second-order valence-corrected chi connectivity index (χ2v) is 6.90. The minimum absolute atomic E-state index is 0.284. The summed E-state index contributed by atoms with van der Waals surface area (Å²) in [6.07, 6.45) is 0. The Morgan fingerprint density at radius 1 is 1.04 bits per heavy atom. The van der Waals surface area contributed by atoms with Crippen LogP contribution in [0.1, 0.15) is 37.9 Å². The van der Waals surface area contributed by atoms with Gasteiger partial charge in [-0.05, 0) is 51.8 Å². The first kappa shape index (κ1) is 16.3.